The molecule has 0 aromatic heterocycles. The van der Waals surface area contributed by atoms with Crippen LogP contribution in [0.5, 0.6) is 0 Å². The quantitative estimate of drug-likeness (QED) is 0.620. The van der Waals surface area contributed by atoms with Gasteiger partial charge in [-0.1, -0.05) is 6.08 Å². The zero-order valence-electron chi connectivity index (χ0n) is 9.56. The molecular weight excluding hydrogens is 220 g/mol. The van der Waals surface area contributed by atoms with E-state index in [0.29, 0.717) is 18.1 Å². The molecule has 0 saturated heterocycles. The number of fused-ring (bicyclic) bond motifs is 1. The number of hydrazone groups is 1. The van der Waals surface area contributed by atoms with Crippen molar-refractivity contribution in [2.24, 2.45) is 5.10 Å². The highest BCUT2D eigenvalue weighted by atomic mass is 16.5. The van der Waals surface area contributed by atoms with Crippen LogP contribution in [0, 0.1) is 0 Å². The van der Waals surface area contributed by atoms with Crippen LogP contribution in [0.2, 0.25) is 0 Å². The van der Waals surface area contributed by atoms with Crippen molar-refractivity contribution in [2.45, 2.75) is 19.5 Å². The van der Waals surface area contributed by atoms with Gasteiger partial charge < -0.3 is 15.4 Å². The van der Waals surface area contributed by atoms with Crippen LogP contribution in [0.1, 0.15) is 13.3 Å². The van der Waals surface area contributed by atoms with Crippen LogP contribution in [0.4, 0.5) is 0 Å². The van der Waals surface area contributed by atoms with E-state index < -0.39 is 0 Å². The molecule has 6 nitrogen and oxygen atoms in total. The average Bonchev–Trinajstić information content (AvgIpc) is 2.74. The summed E-state index contributed by atoms with van der Waals surface area (Å²) in [5.74, 6) is 0.508. The zero-order valence-corrected chi connectivity index (χ0v) is 9.56. The second-order valence-corrected chi connectivity index (χ2v) is 4.19. The van der Waals surface area contributed by atoms with Gasteiger partial charge in [0.25, 0.3) is 5.91 Å². The molecule has 0 saturated carbocycles. The molecule has 0 bridgehead atoms. The molecule has 0 spiro atoms. The third kappa shape index (κ3) is 1.70. The standard InChI is InChI=1S/C11H14N4O2/c1-7-13-11(16)9-6-12-10(15(9)14-7)8-2-4-17-5-3-8/h2,6,10,12H,3-5H2,1H3,(H,13,14,16). The average molecular weight is 234 g/mol. The summed E-state index contributed by atoms with van der Waals surface area (Å²) in [4.78, 5) is 11.7. The Morgan fingerprint density at radius 2 is 2.47 bits per heavy atom. The molecule has 0 fully saturated rings. The van der Waals surface area contributed by atoms with Gasteiger partial charge in [-0.05, 0) is 18.9 Å². The van der Waals surface area contributed by atoms with Crippen LogP contribution in [-0.2, 0) is 9.53 Å². The maximum absolute atomic E-state index is 11.7. The van der Waals surface area contributed by atoms with Crippen molar-refractivity contribution in [2.75, 3.05) is 13.2 Å². The summed E-state index contributed by atoms with van der Waals surface area (Å²) in [6.45, 7) is 3.14. The first-order chi connectivity index (χ1) is 8.25. The SMILES string of the molecule is CC1=NN2C(=CNC2C2=CCOCC2)C(=O)N1. The molecule has 1 unspecified atom stereocenters. The van der Waals surface area contributed by atoms with Crippen LogP contribution in [0.25, 0.3) is 0 Å². The van der Waals surface area contributed by atoms with E-state index in [1.54, 1.807) is 18.1 Å². The molecule has 3 aliphatic heterocycles. The molecule has 6 heteroatoms. The predicted octanol–water partition coefficient (Wildman–Crippen LogP) is -0.131. The van der Waals surface area contributed by atoms with Crippen LogP contribution in [0.3, 0.4) is 0 Å². The Morgan fingerprint density at radius 3 is 3.24 bits per heavy atom. The van der Waals surface area contributed by atoms with Crippen molar-refractivity contribution in [3.63, 3.8) is 0 Å². The minimum absolute atomic E-state index is 0.0464. The number of hydrogen-bond acceptors (Lipinski definition) is 5. The van der Waals surface area contributed by atoms with Gasteiger partial charge in [0.05, 0.1) is 13.2 Å². The lowest BCUT2D eigenvalue weighted by Crippen LogP contribution is -2.45. The number of carbonyl (C=O) groups is 1. The lowest BCUT2D eigenvalue weighted by atomic mass is 10.1. The van der Waals surface area contributed by atoms with Gasteiger partial charge in [-0.25, -0.2) is 5.01 Å². The highest BCUT2D eigenvalue weighted by Gasteiger charge is 2.35. The van der Waals surface area contributed by atoms with Gasteiger partial charge in [-0.3, -0.25) is 4.79 Å². The van der Waals surface area contributed by atoms with Gasteiger partial charge >= 0.3 is 0 Å². The maximum Gasteiger partial charge on any atom is 0.276 e. The minimum atomic E-state index is -0.111. The second kappa shape index (κ2) is 3.89. The van der Waals surface area contributed by atoms with E-state index in [4.69, 9.17) is 4.74 Å². The van der Waals surface area contributed by atoms with Crippen molar-refractivity contribution in [3.05, 3.63) is 23.5 Å². The Labute approximate surface area is 99.0 Å². The van der Waals surface area contributed by atoms with Gasteiger partial charge in [0.15, 0.2) is 0 Å². The number of ether oxygens (including phenoxy) is 1. The first-order valence-corrected chi connectivity index (χ1v) is 5.64. The molecule has 3 aliphatic rings. The summed E-state index contributed by atoms with van der Waals surface area (Å²) in [6, 6.07) is 0. The van der Waals surface area contributed by atoms with Crippen molar-refractivity contribution in [1.82, 2.24) is 15.6 Å². The number of hydrogen-bond donors (Lipinski definition) is 2. The molecule has 17 heavy (non-hydrogen) atoms. The molecule has 0 radical (unpaired) electrons. The van der Waals surface area contributed by atoms with Crippen LogP contribution in [0.15, 0.2) is 28.6 Å². The van der Waals surface area contributed by atoms with Crippen molar-refractivity contribution in [1.29, 1.82) is 0 Å². The zero-order chi connectivity index (χ0) is 11.8. The Kier molecular flexibility index (Phi) is 2.36. The Morgan fingerprint density at radius 1 is 1.59 bits per heavy atom. The number of amides is 1. The van der Waals surface area contributed by atoms with E-state index in [-0.39, 0.29) is 12.1 Å². The largest absolute Gasteiger partial charge is 0.377 e. The summed E-state index contributed by atoms with van der Waals surface area (Å²) in [6.07, 6.45) is 4.59. The molecule has 0 aliphatic carbocycles. The fourth-order valence-corrected chi connectivity index (χ4v) is 2.18. The number of nitrogens with zero attached hydrogens (tertiary/aromatic N) is 2. The highest BCUT2D eigenvalue weighted by molar-refractivity contribution is 6.07. The summed E-state index contributed by atoms with van der Waals surface area (Å²) in [7, 11) is 0. The van der Waals surface area contributed by atoms with E-state index >= 15 is 0 Å². The fraction of sp³-hybridized carbons (Fsp3) is 0.455. The Hall–Kier alpha value is -1.82. The maximum atomic E-state index is 11.7. The second-order valence-electron chi connectivity index (χ2n) is 4.19. The molecule has 1 amide bonds. The van der Waals surface area contributed by atoms with Gasteiger partial charge in [0, 0.05) is 6.20 Å². The van der Waals surface area contributed by atoms with Crippen molar-refractivity contribution < 1.29 is 9.53 Å². The lowest BCUT2D eigenvalue weighted by Gasteiger charge is -2.30. The Bertz CT molecular complexity index is 452. The topological polar surface area (TPSA) is 66.0 Å². The van der Waals surface area contributed by atoms with E-state index in [0.717, 1.165) is 13.0 Å². The predicted molar refractivity (Wildman–Crippen MR) is 61.6 cm³/mol. The van der Waals surface area contributed by atoms with Crippen LogP contribution >= 0.6 is 0 Å². The van der Waals surface area contributed by atoms with Gasteiger partial charge in [0.2, 0.25) is 0 Å². The molecule has 0 aromatic rings. The number of amidine groups is 1. The molecule has 3 rings (SSSR count). The molecule has 0 aromatic carbocycles. The van der Waals surface area contributed by atoms with Crippen molar-refractivity contribution in [3.8, 4) is 0 Å². The van der Waals surface area contributed by atoms with Gasteiger partial charge in [-0.15, -0.1) is 0 Å². The minimum Gasteiger partial charge on any atom is -0.377 e. The monoisotopic (exact) mass is 234 g/mol. The van der Waals surface area contributed by atoms with Gasteiger partial charge in [0.1, 0.15) is 17.7 Å². The number of nitrogens with one attached hydrogen (secondary N) is 2. The first kappa shape index (κ1) is 10.3. The lowest BCUT2D eigenvalue weighted by molar-refractivity contribution is -0.118. The van der Waals surface area contributed by atoms with E-state index in [2.05, 4.69) is 21.8 Å². The van der Waals surface area contributed by atoms with E-state index in [9.17, 15) is 4.79 Å². The smallest absolute Gasteiger partial charge is 0.276 e. The molecule has 3 heterocycles. The van der Waals surface area contributed by atoms with Crippen LogP contribution < -0.4 is 10.6 Å². The summed E-state index contributed by atoms with van der Waals surface area (Å²) >= 11 is 0. The summed E-state index contributed by atoms with van der Waals surface area (Å²) in [5.41, 5.74) is 1.78. The van der Waals surface area contributed by atoms with Gasteiger partial charge in [-0.2, -0.15) is 5.10 Å². The third-order valence-corrected chi connectivity index (χ3v) is 3.00. The molecule has 2 N–H and O–H groups in total. The summed E-state index contributed by atoms with van der Waals surface area (Å²) < 4.78 is 5.28. The van der Waals surface area contributed by atoms with Crippen LogP contribution in [-0.4, -0.2) is 36.1 Å². The molecular formula is C11H14N4O2. The van der Waals surface area contributed by atoms with Crippen molar-refractivity contribution >= 4 is 11.7 Å². The third-order valence-electron chi connectivity index (χ3n) is 3.00. The van der Waals surface area contributed by atoms with E-state index in [1.165, 1.54) is 5.57 Å². The van der Waals surface area contributed by atoms with E-state index in [1.807, 2.05) is 0 Å². The number of rotatable bonds is 1. The molecule has 90 valence electrons. The Balaban J connectivity index is 1.88. The normalized spacial score (nSPS) is 27.6. The summed E-state index contributed by atoms with van der Waals surface area (Å²) in [5, 5.41) is 12.0. The molecule has 1 atom stereocenters. The first-order valence-electron chi connectivity index (χ1n) is 5.64. The number of carbonyl (C=O) groups excluding carboxylic acids is 1. The fourth-order valence-electron chi connectivity index (χ4n) is 2.18. The highest BCUT2D eigenvalue weighted by Crippen LogP contribution is 2.25.